The second-order valence-electron chi connectivity index (χ2n) is 9.29. The molecule has 5 amide bonds. The second kappa shape index (κ2) is 13.2. The Hall–Kier alpha value is -4.83. The topological polar surface area (TPSA) is 105 Å². The third kappa shape index (κ3) is 6.40. The van der Waals surface area contributed by atoms with Crippen molar-refractivity contribution in [3.8, 4) is 11.5 Å². The highest BCUT2D eigenvalue weighted by molar-refractivity contribution is 6.46. The van der Waals surface area contributed by atoms with Gasteiger partial charge in [0.15, 0.2) is 18.1 Å². The zero-order valence-electron chi connectivity index (χ0n) is 22.9. The molecule has 4 aromatic rings. The quantitative estimate of drug-likeness (QED) is 0.159. The first kappa shape index (κ1) is 30.6. The Labute approximate surface area is 267 Å². The van der Waals surface area contributed by atoms with E-state index in [4.69, 9.17) is 44.3 Å². The highest BCUT2D eigenvalue weighted by Crippen LogP contribution is 2.38. The number of urea groups is 1. The minimum Gasteiger partial charge on any atom is -0.493 e. The predicted molar refractivity (Wildman–Crippen MR) is 170 cm³/mol. The first-order valence-corrected chi connectivity index (χ1v) is 14.1. The van der Waals surface area contributed by atoms with Crippen LogP contribution in [0, 0.1) is 0 Å². The summed E-state index contributed by atoms with van der Waals surface area (Å²) in [5, 5.41) is 3.31. The summed E-state index contributed by atoms with van der Waals surface area (Å²) >= 11 is 18.4. The van der Waals surface area contributed by atoms with Gasteiger partial charge < -0.3 is 14.8 Å². The van der Waals surface area contributed by atoms with Crippen LogP contribution < -0.4 is 24.6 Å². The highest BCUT2D eigenvalue weighted by Gasteiger charge is 2.43. The number of imide groups is 2. The largest absolute Gasteiger partial charge is 0.493 e. The van der Waals surface area contributed by atoms with Crippen LogP contribution in [0.4, 0.5) is 21.9 Å². The molecule has 0 unspecified atom stereocenters. The SMILES string of the molecule is COc1cc(C=C2C(=O)N(c3ccccc3)C(=O)N(c3ccccc3)C2=O)cc(Cl)c1OCC(=O)Nc1ccc(Cl)c(Cl)c1. The molecule has 0 radical (unpaired) electrons. The Morgan fingerprint density at radius 1 is 0.773 bits per heavy atom. The van der Waals surface area contributed by atoms with Crippen molar-refractivity contribution >= 4 is 81.7 Å². The summed E-state index contributed by atoms with van der Waals surface area (Å²) in [6.45, 7) is -0.423. The van der Waals surface area contributed by atoms with Crippen molar-refractivity contribution in [3.05, 3.63) is 117 Å². The minimum atomic E-state index is -0.812. The molecule has 4 aromatic carbocycles. The van der Waals surface area contributed by atoms with E-state index >= 15 is 0 Å². The number of benzene rings is 4. The molecule has 5 rings (SSSR count). The summed E-state index contributed by atoms with van der Waals surface area (Å²) in [5.41, 5.74) is 1.03. The summed E-state index contributed by atoms with van der Waals surface area (Å²) in [6, 6.07) is 23.3. The summed E-state index contributed by atoms with van der Waals surface area (Å²) in [4.78, 5) is 55.1. The van der Waals surface area contributed by atoms with E-state index in [1.807, 2.05) is 0 Å². The average molecular weight is 651 g/mol. The van der Waals surface area contributed by atoms with Gasteiger partial charge in [-0.05, 0) is 66.2 Å². The molecular weight excluding hydrogens is 629 g/mol. The van der Waals surface area contributed by atoms with Crippen LogP contribution in [0.2, 0.25) is 15.1 Å². The minimum absolute atomic E-state index is 0.0464. The van der Waals surface area contributed by atoms with E-state index in [2.05, 4.69) is 5.32 Å². The molecule has 44 heavy (non-hydrogen) atoms. The third-order valence-electron chi connectivity index (χ3n) is 6.39. The lowest BCUT2D eigenvalue weighted by atomic mass is 10.0. The Morgan fingerprint density at radius 2 is 1.36 bits per heavy atom. The zero-order chi connectivity index (χ0) is 31.4. The molecule has 1 saturated heterocycles. The molecule has 12 heteroatoms. The number of ether oxygens (including phenoxy) is 2. The molecule has 222 valence electrons. The number of hydrogen-bond donors (Lipinski definition) is 1. The maximum atomic E-state index is 13.6. The van der Waals surface area contributed by atoms with E-state index in [1.54, 1.807) is 72.8 Å². The van der Waals surface area contributed by atoms with E-state index in [0.29, 0.717) is 27.6 Å². The number of halogens is 3. The number of carbonyl (C=O) groups is 4. The lowest BCUT2D eigenvalue weighted by molar-refractivity contribution is -0.121. The number of amides is 5. The number of carbonyl (C=O) groups excluding carboxylic acids is 4. The van der Waals surface area contributed by atoms with Gasteiger partial charge in [0.2, 0.25) is 0 Å². The number of barbiturate groups is 1. The molecule has 1 N–H and O–H groups in total. The molecule has 0 spiro atoms. The van der Waals surface area contributed by atoms with E-state index in [-0.39, 0.29) is 27.1 Å². The summed E-state index contributed by atoms with van der Waals surface area (Å²) in [6.07, 6.45) is 1.32. The third-order valence-corrected chi connectivity index (χ3v) is 7.41. The van der Waals surface area contributed by atoms with Crippen molar-refractivity contribution in [1.82, 2.24) is 0 Å². The molecule has 0 aromatic heterocycles. The molecule has 1 heterocycles. The fraction of sp³-hybridized carbons (Fsp3) is 0.0625. The molecule has 1 aliphatic rings. The fourth-order valence-corrected chi connectivity index (χ4v) is 4.95. The van der Waals surface area contributed by atoms with Crippen molar-refractivity contribution < 1.29 is 28.7 Å². The molecular formula is C32H22Cl3N3O6. The smallest absolute Gasteiger partial charge is 0.343 e. The van der Waals surface area contributed by atoms with E-state index in [0.717, 1.165) is 9.80 Å². The van der Waals surface area contributed by atoms with Crippen LogP contribution in [0.15, 0.2) is 96.6 Å². The first-order chi connectivity index (χ1) is 21.2. The van der Waals surface area contributed by atoms with Gasteiger partial charge in [-0.3, -0.25) is 14.4 Å². The molecule has 1 aliphatic heterocycles. The predicted octanol–water partition coefficient (Wildman–Crippen LogP) is 7.26. The Morgan fingerprint density at radius 3 is 1.91 bits per heavy atom. The van der Waals surface area contributed by atoms with Gasteiger partial charge in [0.1, 0.15) is 5.57 Å². The fourth-order valence-electron chi connectivity index (χ4n) is 4.38. The summed E-state index contributed by atoms with van der Waals surface area (Å²) in [7, 11) is 1.37. The molecule has 0 atom stereocenters. The average Bonchev–Trinajstić information content (AvgIpc) is 3.01. The first-order valence-electron chi connectivity index (χ1n) is 13.0. The number of nitrogens with zero attached hydrogens (tertiary/aromatic N) is 2. The molecule has 9 nitrogen and oxygen atoms in total. The van der Waals surface area contributed by atoms with Crippen LogP contribution in [0.3, 0.4) is 0 Å². The van der Waals surface area contributed by atoms with Crippen LogP contribution in [-0.4, -0.2) is 37.5 Å². The van der Waals surface area contributed by atoms with Gasteiger partial charge in [0.25, 0.3) is 17.7 Å². The number of anilines is 3. The summed E-state index contributed by atoms with van der Waals surface area (Å²) < 4.78 is 11.1. The van der Waals surface area contributed by atoms with Gasteiger partial charge >= 0.3 is 6.03 Å². The molecule has 0 aliphatic carbocycles. The number of rotatable bonds is 8. The lowest BCUT2D eigenvalue weighted by Crippen LogP contribution is -2.57. The molecule has 0 bridgehead atoms. The number of hydrogen-bond acceptors (Lipinski definition) is 6. The van der Waals surface area contributed by atoms with Gasteiger partial charge in [0, 0.05) is 5.69 Å². The zero-order valence-corrected chi connectivity index (χ0v) is 25.2. The van der Waals surface area contributed by atoms with Gasteiger partial charge in [-0.1, -0.05) is 71.2 Å². The number of nitrogens with one attached hydrogen (secondary N) is 1. The van der Waals surface area contributed by atoms with Gasteiger partial charge in [-0.15, -0.1) is 0 Å². The van der Waals surface area contributed by atoms with Crippen LogP contribution in [0.1, 0.15) is 5.56 Å². The van der Waals surface area contributed by atoms with Crippen molar-refractivity contribution in [2.75, 3.05) is 28.8 Å². The molecule has 1 fully saturated rings. The van der Waals surface area contributed by atoms with Crippen LogP contribution in [0.5, 0.6) is 11.5 Å². The van der Waals surface area contributed by atoms with Crippen LogP contribution >= 0.6 is 34.8 Å². The second-order valence-corrected chi connectivity index (χ2v) is 10.5. The van der Waals surface area contributed by atoms with Gasteiger partial charge in [0.05, 0.1) is 33.6 Å². The monoisotopic (exact) mass is 649 g/mol. The van der Waals surface area contributed by atoms with Crippen molar-refractivity contribution in [1.29, 1.82) is 0 Å². The number of methoxy groups -OCH3 is 1. The Balaban J connectivity index is 1.45. The highest BCUT2D eigenvalue weighted by atomic mass is 35.5. The Kier molecular flexibility index (Phi) is 9.20. The van der Waals surface area contributed by atoms with E-state index in [9.17, 15) is 19.2 Å². The van der Waals surface area contributed by atoms with Crippen molar-refractivity contribution in [2.45, 2.75) is 0 Å². The van der Waals surface area contributed by atoms with Crippen molar-refractivity contribution in [2.24, 2.45) is 0 Å². The maximum absolute atomic E-state index is 13.6. The van der Waals surface area contributed by atoms with Crippen molar-refractivity contribution in [3.63, 3.8) is 0 Å². The van der Waals surface area contributed by atoms with E-state index in [1.165, 1.54) is 31.4 Å². The summed E-state index contributed by atoms with van der Waals surface area (Å²) in [5.74, 6) is -1.93. The van der Waals surface area contributed by atoms with Gasteiger partial charge in [-0.25, -0.2) is 14.6 Å². The lowest BCUT2D eigenvalue weighted by Gasteiger charge is -2.34. The normalized spacial score (nSPS) is 13.2. The van der Waals surface area contributed by atoms with E-state index < -0.39 is 30.4 Å². The maximum Gasteiger partial charge on any atom is 0.343 e. The Bertz CT molecular complexity index is 1730. The molecule has 0 saturated carbocycles. The number of para-hydroxylation sites is 2. The van der Waals surface area contributed by atoms with Crippen LogP contribution in [-0.2, 0) is 14.4 Å². The van der Waals surface area contributed by atoms with Gasteiger partial charge in [-0.2, -0.15) is 0 Å². The van der Waals surface area contributed by atoms with Crippen LogP contribution in [0.25, 0.3) is 6.08 Å². The standard InChI is InChI=1S/C32H22Cl3N3O6/c1-43-27-16-19(15-26(35)29(27)44-18-28(39)36-20-12-13-24(33)25(34)17-20)14-23-30(40)37(21-8-4-2-5-9-21)32(42)38(31(23)41)22-10-6-3-7-11-22/h2-17H,18H2,1H3,(H,36,39).